The molecule has 5 heteroatoms. The van der Waals surface area contributed by atoms with Crippen LogP contribution in [0.1, 0.15) is 24.0 Å². The molecule has 128 valence electrons. The van der Waals surface area contributed by atoms with E-state index < -0.39 is 5.97 Å². The van der Waals surface area contributed by atoms with Gasteiger partial charge in [0.25, 0.3) is 0 Å². The summed E-state index contributed by atoms with van der Waals surface area (Å²) in [5.74, 6) is 0.420. The van der Waals surface area contributed by atoms with Crippen LogP contribution in [-0.2, 0) is 17.6 Å². The molecule has 0 fully saturated rings. The predicted octanol–water partition coefficient (Wildman–Crippen LogP) is 4.49. The molecular formula is C19H21BrO4. The second kappa shape index (κ2) is 9.33. The highest BCUT2D eigenvalue weighted by atomic mass is 79.9. The fourth-order valence-corrected chi connectivity index (χ4v) is 2.94. The van der Waals surface area contributed by atoms with Gasteiger partial charge in [0.05, 0.1) is 13.7 Å². The molecule has 24 heavy (non-hydrogen) atoms. The summed E-state index contributed by atoms with van der Waals surface area (Å²) in [6.45, 7) is 0.549. The van der Waals surface area contributed by atoms with Gasteiger partial charge in [0.1, 0.15) is 0 Å². The Morgan fingerprint density at radius 1 is 1.17 bits per heavy atom. The zero-order chi connectivity index (χ0) is 17.4. The van der Waals surface area contributed by atoms with Gasteiger partial charge >= 0.3 is 5.97 Å². The van der Waals surface area contributed by atoms with Gasteiger partial charge in [-0.2, -0.15) is 0 Å². The summed E-state index contributed by atoms with van der Waals surface area (Å²) in [4.78, 5) is 10.9. The average Bonchev–Trinajstić information content (AvgIpc) is 2.58. The van der Waals surface area contributed by atoms with E-state index in [1.54, 1.807) is 7.11 Å². The maximum absolute atomic E-state index is 10.9. The Labute approximate surface area is 150 Å². The molecule has 0 aliphatic heterocycles. The van der Waals surface area contributed by atoms with E-state index in [0.717, 1.165) is 22.9 Å². The number of carboxylic acid groups (broad SMARTS) is 1. The first kappa shape index (κ1) is 18.3. The molecule has 2 aromatic carbocycles. The van der Waals surface area contributed by atoms with Crippen LogP contribution in [0.2, 0.25) is 0 Å². The van der Waals surface area contributed by atoms with Crippen molar-refractivity contribution in [2.75, 3.05) is 13.7 Å². The molecule has 0 spiro atoms. The van der Waals surface area contributed by atoms with Gasteiger partial charge in [-0.3, -0.25) is 4.79 Å². The minimum Gasteiger partial charge on any atom is -0.493 e. The molecule has 0 unspecified atom stereocenters. The van der Waals surface area contributed by atoms with Crippen LogP contribution < -0.4 is 9.47 Å². The first-order valence-electron chi connectivity index (χ1n) is 7.85. The lowest BCUT2D eigenvalue weighted by molar-refractivity contribution is -0.136. The number of ether oxygens (including phenoxy) is 2. The van der Waals surface area contributed by atoms with Gasteiger partial charge in [-0.15, -0.1) is 0 Å². The summed E-state index contributed by atoms with van der Waals surface area (Å²) < 4.78 is 12.2. The maximum Gasteiger partial charge on any atom is 0.303 e. The average molecular weight is 393 g/mol. The molecule has 0 radical (unpaired) electrons. The molecule has 0 atom stereocenters. The molecule has 0 amide bonds. The van der Waals surface area contributed by atoms with Crippen LogP contribution in [0.5, 0.6) is 11.5 Å². The van der Waals surface area contributed by atoms with Gasteiger partial charge in [-0.05, 0) is 42.5 Å². The number of carbonyl (C=O) groups is 1. The summed E-state index contributed by atoms with van der Waals surface area (Å²) >= 11 is 3.42. The highest BCUT2D eigenvalue weighted by molar-refractivity contribution is 9.10. The quantitative estimate of drug-likeness (QED) is 0.638. The van der Waals surface area contributed by atoms with E-state index in [9.17, 15) is 4.79 Å². The normalized spacial score (nSPS) is 10.4. The van der Waals surface area contributed by atoms with E-state index in [4.69, 9.17) is 14.6 Å². The summed E-state index contributed by atoms with van der Waals surface area (Å²) in [6, 6.07) is 14.0. The molecule has 0 aromatic heterocycles. The molecule has 0 aliphatic carbocycles. The Hall–Kier alpha value is -2.01. The van der Waals surface area contributed by atoms with Crippen LogP contribution >= 0.6 is 15.9 Å². The topological polar surface area (TPSA) is 55.8 Å². The Kier molecular flexibility index (Phi) is 7.12. The second-order valence-electron chi connectivity index (χ2n) is 5.43. The van der Waals surface area contributed by atoms with Crippen molar-refractivity contribution < 1.29 is 19.4 Å². The Morgan fingerprint density at radius 2 is 1.92 bits per heavy atom. The number of methoxy groups -OCH3 is 1. The van der Waals surface area contributed by atoms with Gasteiger partial charge in [-0.25, -0.2) is 0 Å². The first-order chi connectivity index (χ1) is 11.6. The Bertz CT molecular complexity index is 671. The number of rotatable bonds is 9. The van der Waals surface area contributed by atoms with E-state index in [2.05, 4.69) is 28.1 Å². The van der Waals surface area contributed by atoms with Crippen molar-refractivity contribution in [3.05, 3.63) is 58.1 Å². The van der Waals surface area contributed by atoms with Crippen molar-refractivity contribution in [3.63, 3.8) is 0 Å². The van der Waals surface area contributed by atoms with E-state index in [0.29, 0.717) is 24.5 Å². The largest absolute Gasteiger partial charge is 0.493 e. The van der Waals surface area contributed by atoms with Crippen LogP contribution in [0.4, 0.5) is 0 Å². The Balaban J connectivity index is 2.02. The molecule has 4 nitrogen and oxygen atoms in total. The summed E-state index contributed by atoms with van der Waals surface area (Å²) in [6.07, 6.45) is 2.27. The smallest absolute Gasteiger partial charge is 0.303 e. The lowest BCUT2D eigenvalue weighted by atomic mass is 10.1. The summed E-state index contributed by atoms with van der Waals surface area (Å²) in [7, 11) is 1.58. The number of hydrogen-bond donors (Lipinski definition) is 1. The fourth-order valence-electron chi connectivity index (χ4n) is 2.46. The third kappa shape index (κ3) is 5.57. The standard InChI is InChI=1S/C19H21BrO4/c1-23-17-13-16(20)12-15(9-10-18(21)22)19(17)24-11-5-8-14-6-3-2-4-7-14/h2-4,6-7,12-13H,5,8-11H2,1H3,(H,21,22). The minimum absolute atomic E-state index is 0.0555. The van der Waals surface area contributed by atoms with Crippen molar-refractivity contribution in [1.82, 2.24) is 0 Å². The Morgan fingerprint density at radius 3 is 2.58 bits per heavy atom. The highest BCUT2D eigenvalue weighted by Gasteiger charge is 2.14. The molecular weight excluding hydrogens is 372 g/mol. The van der Waals surface area contributed by atoms with Gasteiger partial charge < -0.3 is 14.6 Å². The van der Waals surface area contributed by atoms with Crippen LogP contribution in [0.25, 0.3) is 0 Å². The monoisotopic (exact) mass is 392 g/mol. The van der Waals surface area contributed by atoms with Crippen LogP contribution in [0.15, 0.2) is 46.9 Å². The molecule has 0 heterocycles. The van der Waals surface area contributed by atoms with Crippen LogP contribution in [0.3, 0.4) is 0 Å². The van der Waals surface area contributed by atoms with E-state index in [1.807, 2.05) is 30.3 Å². The van der Waals surface area contributed by atoms with Gasteiger partial charge in [-0.1, -0.05) is 46.3 Å². The number of carboxylic acids is 1. The minimum atomic E-state index is -0.830. The SMILES string of the molecule is COc1cc(Br)cc(CCC(=O)O)c1OCCCc1ccccc1. The van der Waals surface area contributed by atoms with Crippen molar-refractivity contribution in [2.24, 2.45) is 0 Å². The zero-order valence-electron chi connectivity index (χ0n) is 13.6. The number of aliphatic carboxylic acids is 1. The molecule has 2 aromatic rings. The molecule has 0 saturated carbocycles. The van der Waals surface area contributed by atoms with Crippen molar-refractivity contribution in [2.45, 2.75) is 25.7 Å². The van der Waals surface area contributed by atoms with E-state index in [-0.39, 0.29) is 6.42 Å². The van der Waals surface area contributed by atoms with Crippen molar-refractivity contribution in [3.8, 4) is 11.5 Å². The number of aryl methyl sites for hydroxylation is 2. The lowest BCUT2D eigenvalue weighted by Gasteiger charge is -2.15. The first-order valence-corrected chi connectivity index (χ1v) is 8.64. The third-order valence-electron chi connectivity index (χ3n) is 3.62. The number of benzene rings is 2. The predicted molar refractivity (Wildman–Crippen MR) is 96.9 cm³/mol. The molecule has 0 aliphatic rings. The van der Waals surface area contributed by atoms with Crippen LogP contribution in [0, 0.1) is 0 Å². The molecule has 2 rings (SSSR count). The third-order valence-corrected chi connectivity index (χ3v) is 4.08. The highest BCUT2D eigenvalue weighted by Crippen LogP contribution is 2.35. The summed E-state index contributed by atoms with van der Waals surface area (Å²) in [5, 5.41) is 8.92. The number of halogens is 1. The van der Waals surface area contributed by atoms with E-state index in [1.165, 1.54) is 5.56 Å². The molecule has 0 saturated heterocycles. The van der Waals surface area contributed by atoms with E-state index >= 15 is 0 Å². The molecule has 1 N–H and O–H groups in total. The van der Waals surface area contributed by atoms with Crippen LogP contribution in [-0.4, -0.2) is 24.8 Å². The zero-order valence-corrected chi connectivity index (χ0v) is 15.2. The lowest BCUT2D eigenvalue weighted by Crippen LogP contribution is -2.05. The van der Waals surface area contributed by atoms with Crippen molar-refractivity contribution >= 4 is 21.9 Å². The van der Waals surface area contributed by atoms with Crippen molar-refractivity contribution in [1.29, 1.82) is 0 Å². The van der Waals surface area contributed by atoms with Gasteiger partial charge in [0.15, 0.2) is 11.5 Å². The fraction of sp³-hybridized carbons (Fsp3) is 0.316. The van der Waals surface area contributed by atoms with Gasteiger partial charge in [0, 0.05) is 10.9 Å². The maximum atomic E-state index is 10.9. The number of hydrogen-bond acceptors (Lipinski definition) is 3. The second-order valence-corrected chi connectivity index (χ2v) is 6.34. The van der Waals surface area contributed by atoms with Gasteiger partial charge in [0.2, 0.25) is 0 Å². The molecule has 0 bridgehead atoms. The summed E-state index contributed by atoms with van der Waals surface area (Å²) in [5.41, 5.74) is 2.11.